The number of hydrogen-bond acceptors (Lipinski definition) is 5. The molecule has 1 aliphatic rings. The topological polar surface area (TPSA) is 66.3 Å². The highest BCUT2D eigenvalue weighted by Crippen LogP contribution is 2.44. The summed E-state index contributed by atoms with van der Waals surface area (Å²) in [5.74, 6) is 0.484. The van der Waals surface area contributed by atoms with Crippen LogP contribution in [0.1, 0.15) is 37.8 Å². The van der Waals surface area contributed by atoms with Crippen LogP contribution in [-0.2, 0) is 4.74 Å². The minimum absolute atomic E-state index is 0.0374. The maximum atomic E-state index is 12.5. The highest BCUT2D eigenvalue weighted by atomic mass is 32.2. The molecule has 2 aromatic rings. The van der Waals surface area contributed by atoms with Gasteiger partial charge in [-0.05, 0) is 22.3 Å². The van der Waals surface area contributed by atoms with Gasteiger partial charge in [0.05, 0.1) is 0 Å². The molecule has 1 amide bonds. The second-order valence-corrected chi connectivity index (χ2v) is 10.1. The summed E-state index contributed by atoms with van der Waals surface area (Å²) >= 11 is 5.79. The number of hydrogen-bond donors (Lipinski definition) is 3. The van der Waals surface area contributed by atoms with Gasteiger partial charge in [0.2, 0.25) is 5.04 Å². The van der Waals surface area contributed by atoms with Crippen LogP contribution in [0.15, 0.2) is 48.5 Å². The molecule has 0 aliphatic heterocycles. The Kier molecular flexibility index (Phi) is 6.53. The van der Waals surface area contributed by atoms with E-state index in [0.717, 1.165) is 0 Å². The van der Waals surface area contributed by atoms with Crippen molar-refractivity contribution in [2.45, 2.75) is 37.5 Å². The summed E-state index contributed by atoms with van der Waals surface area (Å²) in [5.41, 5.74) is 10.9. The molecule has 3 N–H and O–H groups in total. The van der Waals surface area contributed by atoms with Gasteiger partial charge < -0.3 is 10.5 Å². The van der Waals surface area contributed by atoms with Crippen LogP contribution in [0.5, 0.6) is 0 Å². The summed E-state index contributed by atoms with van der Waals surface area (Å²) in [5, 5.41) is 0.680. The van der Waals surface area contributed by atoms with Gasteiger partial charge in [-0.2, -0.15) is 17.4 Å². The van der Waals surface area contributed by atoms with Crippen molar-refractivity contribution >= 4 is 35.5 Å². The third-order valence-corrected chi connectivity index (χ3v) is 6.15. The van der Waals surface area contributed by atoms with Crippen LogP contribution in [-0.4, -0.2) is 34.3 Å². The van der Waals surface area contributed by atoms with Crippen molar-refractivity contribution in [2.75, 3.05) is 12.4 Å². The lowest BCUT2D eigenvalue weighted by atomic mass is 9.98. The van der Waals surface area contributed by atoms with E-state index < -0.39 is 6.09 Å². The third kappa shape index (κ3) is 4.80. The lowest BCUT2D eigenvalue weighted by Crippen LogP contribution is -2.80. The Morgan fingerprint density at radius 2 is 1.68 bits per heavy atom. The average Bonchev–Trinajstić information content (AvgIpc) is 2.98. The quantitative estimate of drug-likeness (QED) is 0.408. The van der Waals surface area contributed by atoms with E-state index in [1.807, 2.05) is 24.3 Å². The SMILES string of the molecule is CC(C)(C)SC(=[NH+]C(=O)OCC1c2ccccc2-c2ccccc21)[C@@H](N)CS. The highest BCUT2D eigenvalue weighted by Gasteiger charge is 2.31. The fraction of sp³-hybridized carbons (Fsp3) is 0.364. The predicted molar refractivity (Wildman–Crippen MR) is 120 cm³/mol. The standard InChI is InChI=1S/C22H26N2O2S2/c1-22(2,3)28-20(19(23)13-27)24-21(25)26-12-18-16-10-6-4-8-14(16)15-9-5-7-11-17(15)18/h4-11,18-19,27H,12-13,23H2,1-3H3/p+1/t19-/m0/s1. The zero-order chi connectivity index (χ0) is 20.3. The van der Waals surface area contributed by atoms with Gasteiger partial charge in [-0.1, -0.05) is 81.1 Å². The molecule has 0 saturated heterocycles. The number of carbonyl (C=O) groups is 1. The Morgan fingerprint density at radius 1 is 1.14 bits per heavy atom. The molecule has 0 saturated carbocycles. The van der Waals surface area contributed by atoms with E-state index in [1.54, 1.807) is 0 Å². The van der Waals surface area contributed by atoms with Crippen LogP contribution >= 0.6 is 24.4 Å². The number of nitrogens with two attached hydrogens (primary N) is 1. The number of thioether (sulfide) groups is 1. The molecule has 0 spiro atoms. The Hall–Kier alpha value is -1.76. The molecule has 0 aromatic heterocycles. The molecule has 0 heterocycles. The van der Waals surface area contributed by atoms with Crippen LogP contribution in [0.25, 0.3) is 11.1 Å². The van der Waals surface area contributed by atoms with E-state index in [0.29, 0.717) is 10.8 Å². The summed E-state index contributed by atoms with van der Waals surface area (Å²) in [6.07, 6.45) is -0.481. The zero-order valence-electron chi connectivity index (χ0n) is 16.4. The molecule has 6 heteroatoms. The van der Waals surface area contributed by atoms with E-state index in [9.17, 15) is 4.79 Å². The van der Waals surface area contributed by atoms with Gasteiger partial charge in [0.15, 0.2) is 0 Å². The van der Waals surface area contributed by atoms with E-state index in [4.69, 9.17) is 10.5 Å². The third-order valence-electron chi connectivity index (χ3n) is 4.52. The number of nitrogens with one attached hydrogen (secondary N) is 1. The molecule has 3 rings (SSSR count). The summed E-state index contributed by atoms with van der Waals surface area (Å²) in [4.78, 5) is 15.3. The second kappa shape index (κ2) is 8.72. The Morgan fingerprint density at radius 3 is 2.18 bits per heavy atom. The molecular formula is C22H27N2O2S2+. The monoisotopic (exact) mass is 415 g/mol. The smallest absolute Gasteiger partial charge is 0.411 e. The number of carbonyl (C=O) groups excluding carboxylic acids is 1. The lowest BCUT2D eigenvalue weighted by molar-refractivity contribution is -0.367. The molecule has 0 fully saturated rings. The first kappa shape index (κ1) is 21.0. The first-order valence-electron chi connectivity index (χ1n) is 9.34. The van der Waals surface area contributed by atoms with Crippen LogP contribution in [0.2, 0.25) is 0 Å². The van der Waals surface area contributed by atoms with Crippen LogP contribution in [0.3, 0.4) is 0 Å². The molecule has 4 nitrogen and oxygen atoms in total. The van der Waals surface area contributed by atoms with E-state index >= 15 is 0 Å². The molecule has 2 aromatic carbocycles. The minimum Gasteiger partial charge on any atom is -0.411 e. The van der Waals surface area contributed by atoms with Gasteiger partial charge in [0.1, 0.15) is 12.6 Å². The largest absolute Gasteiger partial charge is 0.595 e. The van der Waals surface area contributed by atoms with Crippen molar-refractivity contribution in [3.63, 3.8) is 0 Å². The summed E-state index contributed by atoms with van der Waals surface area (Å²) in [6, 6.07) is 16.2. The first-order valence-corrected chi connectivity index (χ1v) is 10.8. The minimum atomic E-state index is -0.481. The molecule has 0 radical (unpaired) electrons. The van der Waals surface area contributed by atoms with Crippen molar-refractivity contribution in [3.05, 3.63) is 59.7 Å². The summed E-state index contributed by atoms with van der Waals surface area (Å²) < 4.78 is 5.54. The van der Waals surface area contributed by atoms with Crippen LogP contribution in [0.4, 0.5) is 4.79 Å². The van der Waals surface area contributed by atoms with Crippen LogP contribution < -0.4 is 10.7 Å². The second-order valence-electron chi connectivity index (χ2n) is 7.82. The summed E-state index contributed by atoms with van der Waals surface area (Å²) in [6.45, 7) is 6.50. The van der Waals surface area contributed by atoms with Gasteiger partial charge in [0, 0.05) is 16.4 Å². The van der Waals surface area contributed by atoms with Crippen molar-refractivity contribution in [1.29, 1.82) is 0 Å². The molecular weight excluding hydrogens is 388 g/mol. The fourth-order valence-corrected chi connectivity index (χ4v) is 4.68. The van der Waals surface area contributed by atoms with Crippen molar-refractivity contribution in [3.8, 4) is 11.1 Å². The fourth-order valence-electron chi connectivity index (χ4n) is 3.34. The number of benzene rings is 2. The zero-order valence-corrected chi connectivity index (χ0v) is 18.1. The molecule has 1 aliphatic carbocycles. The van der Waals surface area contributed by atoms with Gasteiger partial charge in [-0.3, -0.25) is 0 Å². The molecule has 1 atom stereocenters. The molecule has 0 unspecified atom stereocenters. The molecule has 0 bridgehead atoms. The van der Waals surface area contributed by atoms with E-state index in [1.165, 1.54) is 34.0 Å². The molecule has 28 heavy (non-hydrogen) atoms. The summed E-state index contributed by atoms with van der Waals surface area (Å²) in [7, 11) is 0. The number of fused-ring (bicyclic) bond motifs is 3. The van der Waals surface area contributed by atoms with Gasteiger partial charge in [0.25, 0.3) is 0 Å². The van der Waals surface area contributed by atoms with Crippen molar-refractivity contribution in [2.24, 2.45) is 5.73 Å². The molecule has 148 valence electrons. The normalized spacial score (nSPS) is 15.1. The number of ether oxygens (including phenoxy) is 1. The van der Waals surface area contributed by atoms with Gasteiger partial charge >= 0.3 is 6.09 Å². The first-order chi connectivity index (χ1) is 13.3. The van der Waals surface area contributed by atoms with Crippen molar-refractivity contribution in [1.82, 2.24) is 0 Å². The number of thiol groups is 1. The predicted octanol–water partition coefficient (Wildman–Crippen LogP) is 3.20. The van der Waals surface area contributed by atoms with Crippen LogP contribution in [0, 0.1) is 0 Å². The van der Waals surface area contributed by atoms with Crippen molar-refractivity contribution < 1.29 is 14.5 Å². The maximum Gasteiger partial charge on any atom is 0.595 e. The maximum absolute atomic E-state index is 12.5. The Labute approximate surface area is 176 Å². The Bertz CT molecular complexity index is 845. The lowest BCUT2D eigenvalue weighted by Gasteiger charge is -2.18. The Balaban J connectivity index is 1.77. The van der Waals surface area contributed by atoms with Gasteiger partial charge in [-0.25, -0.2) is 0 Å². The number of rotatable bonds is 4. The highest BCUT2D eigenvalue weighted by molar-refractivity contribution is 8.14. The number of amides is 1. The van der Waals surface area contributed by atoms with E-state index in [-0.39, 0.29) is 23.3 Å². The van der Waals surface area contributed by atoms with Gasteiger partial charge in [-0.15, -0.1) is 4.99 Å². The average molecular weight is 416 g/mol. The van der Waals surface area contributed by atoms with E-state index in [2.05, 4.69) is 62.7 Å².